The third-order valence-corrected chi connectivity index (χ3v) is 6.23. The van der Waals surface area contributed by atoms with Crippen molar-refractivity contribution >= 4 is 33.6 Å². The Labute approximate surface area is 115 Å². The van der Waals surface area contributed by atoms with E-state index in [1.165, 1.54) is 28.6 Å². The molecule has 0 radical (unpaired) electrons. The zero-order valence-corrected chi connectivity index (χ0v) is 12.1. The van der Waals surface area contributed by atoms with Crippen LogP contribution in [0.3, 0.4) is 0 Å². The lowest BCUT2D eigenvalue weighted by atomic mass is 10.2. The zero-order chi connectivity index (χ0) is 14.2. The maximum absolute atomic E-state index is 12.2. The number of aliphatic carboxylic acids is 1. The molecule has 9 heteroatoms. The summed E-state index contributed by atoms with van der Waals surface area (Å²) in [6.07, 6.45) is 0.420. The molecule has 2 amide bonds. The van der Waals surface area contributed by atoms with Gasteiger partial charge in [0.05, 0.1) is 17.4 Å². The highest BCUT2D eigenvalue weighted by Crippen LogP contribution is 2.24. The highest BCUT2D eigenvalue weighted by atomic mass is 32.2. The molecule has 0 aromatic heterocycles. The SMILES string of the molecule is CN(C(=O)N1CSC[C@H]1C(=O)O)C1CCS(=O)(=O)C1. The number of nitrogens with zero attached hydrogens (tertiary/aromatic N) is 2. The number of carboxylic acid groups (broad SMARTS) is 1. The molecule has 2 aliphatic rings. The van der Waals surface area contributed by atoms with Crippen molar-refractivity contribution in [1.29, 1.82) is 0 Å². The van der Waals surface area contributed by atoms with Crippen LogP contribution in [0.4, 0.5) is 4.79 Å². The fourth-order valence-corrected chi connectivity index (χ4v) is 5.19. The topological polar surface area (TPSA) is 95.0 Å². The van der Waals surface area contributed by atoms with Crippen LogP contribution >= 0.6 is 11.8 Å². The Kier molecular flexibility index (Phi) is 3.95. The van der Waals surface area contributed by atoms with E-state index < -0.39 is 27.9 Å². The molecule has 7 nitrogen and oxygen atoms in total. The summed E-state index contributed by atoms with van der Waals surface area (Å²) in [6, 6.07) is -1.57. The third-order valence-electron chi connectivity index (χ3n) is 3.47. The average Bonchev–Trinajstić information content (AvgIpc) is 2.93. The van der Waals surface area contributed by atoms with Crippen LogP contribution < -0.4 is 0 Å². The molecule has 2 rings (SSSR count). The first-order valence-corrected chi connectivity index (χ1v) is 8.84. The molecular formula is C10H16N2O5S2. The first kappa shape index (κ1) is 14.4. The third kappa shape index (κ3) is 2.97. The van der Waals surface area contributed by atoms with E-state index in [0.717, 1.165) is 0 Å². The van der Waals surface area contributed by atoms with Crippen LogP contribution in [0.1, 0.15) is 6.42 Å². The normalized spacial score (nSPS) is 29.4. The second kappa shape index (κ2) is 5.20. The van der Waals surface area contributed by atoms with Crippen LogP contribution in [0.15, 0.2) is 0 Å². The number of hydrogen-bond donors (Lipinski definition) is 1. The summed E-state index contributed by atoms with van der Waals surface area (Å²) < 4.78 is 22.8. The van der Waals surface area contributed by atoms with Crippen molar-refractivity contribution in [2.75, 3.05) is 30.2 Å². The van der Waals surface area contributed by atoms with Crippen LogP contribution in [0.25, 0.3) is 0 Å². The highest BCUT2D eigenvalue weighted by Gasteiger charge is 2.39. The second-order valence-corrected chi connectivity index (χ2v) is 8.00. The molecule has 2 aliphatic heterocycles. The summed E-state index contributed by atoms with van der Waals surface area (Å²) in [4.78, 5) is 25.9. The summed E-state index contributed by atoms with van der Waals surface area (Å²) in [5.74, 6) is -0.261. The van der Waals surface area contributed by atoms with E-state index in [-0.39, 0.29) is 17.5 Å². The molecule has 1 unspecified atom stereocenters. The van der Waals surface area contributed by atoms with Crippen molar-refractivity contribution in [3.8, 4) is 0 Å². The fraction of sp³-hybridized carbons (Fsp3) is 0.800. The number of carbonyl (C=O) groups excluding carboxylic acids is 1. The van der Waals surface area contributed by atoms with Gasteiger partial charge in [0.2, 0.25) is 0 Å². The van der Waals surface area contributed by atoms with Gasteiger partial charge in [-0.2, -0.15) is 0 Å². The summed E-state index contributed by atoms with van der Waals surface area (Å²) >= 11 is 1.39. The number of carbonyl (C=O) groups is 2. The lowest BCUT2D eigenvalue weighted by Gasteiger charge is -2.30. The molecule has 0 aliphatic carbocycles. The van der Waals surface area contributed by atoms with Crippen molar-refractivity contribution in [3.63, 3.8) is 0 Å². The molecule has 0 aromatic rings. The van der Waals surface area contributed by atoms with E-state index in [0.29, 0.717) is 18.1 Å². The molecule has 19 heavy (non-hydrogen) atoms. The predicted octanol–water partition coefficient (Wildman–Crippen LogP) is -0.315. The molecule has 2 atom stereocenters. The fourth-order valence-electron chi connectivity index (χ4n) is 2.28. The summed E-state index contributed by atoms with van der Waals surface area (Å²) in [7, 11) is -1.52. The summed E-state index contributed by atoms with van der Waals surface area (Å²) in [5.41, 5.74) is 0. The van der Waals surface area contributed by atoms with Gasteiger partial charge < -0.3 is 14.9 Å². The Hall–Kier alpha value is -0.960. The van der Waals surface area contributed by atoms with Crippen LogP contribution in [0.5, 0.6) is 0 Å². The van der Waals surface area contributed by atoms with Crippen molar-refractivity contribution in [2.45, 2.75) is 18.5 Å². The van der Waals surface area contributed by atoms with Gasteiger partial charge in [-0.1, -0.05) is 0 Å². The maximum Gasteiger partial charge on any atom is 0.327 e. The predicted molar refractivity (Wildman–Crippen MR) is 70.8 cm³/mol. The van der Waals surface area contributed by atoms with Gasteiger partial charge in [0.15, 0.2) is 9.84 Å². The van der Waals surface area contributed by atoms with E-state index >= 15 is 0 Å². The van der Waals surface area contributed by atoms with Gasteiger partial charge in [0.1, 0.15) is 6.04 Å². The summed E-state index contributed by atoms with van der Waals surface area (Å²) in [6.45, 7) is 0. The van der Waals surface area contributed by atoms with Gasteiger partial charge in [0.25, 0.3) is 0 Å². The smallest absolute Gasteiger partial charge is 0.327 e. The Balaban J connectivity index is 2.05. The van der Waals surface area contributed by atoms with Gasteiger partial charge in [0, 0.05) is 18.8 Å². The van der Waals surface area contributed by atoms with Gasteiger partial charge in [-0.3, -0.25) is 0 Å². The van der Waals surface area contributed by atoms with Gasteiger partial charge in [-0.15, -0.1) is 11.8 Å². The number of sulfone groups is 1. The minimum atomic E-state index is -3.06. The van der Waals surface area contributed by atoms with Gasteiger partial charge in [-0.05, 0) is 6.42 Å². The lowest BCUT2D eigenvalue weighted by molar-refractivity contribution is -0.140. The van der Waals surface area contributed by atoms with Crippen molar-refractivity contribution in [3.05, 3.63) is 0 Å². The molecule has 0 aromatic carbocycles. The molecule has 0 spiro atoms. The number of rotatable bonds is 2. The molecule has 0 bridgehead atoms. The minimum absolute atomic E-state index is 0.0338. The quantitative estimate of drug-likeness (QED) is 0.751. The highest BCUT2D eigenvalue weighted by molar-refractivity contribution is 7.99. The van der Waals surface area contributed by atoms with Crippen molar-refractivity contribution in [2.24, 2.45) is 0 Å². The van der Waals surface area contributed by atoms with Crippen molar-refractivity contribution in [1.82, 2.24) is 9.80 Å². The number of hydrogen-bond acceptors (Lipinski definition) is 5. The molecule has 2 fully saturated rings. The van der Waals surface area contributed by atoms with Crippen LogP contribution in [-0.4, -0.2) is 77.6 Å². The maximum atomic E-state index is 12.2. The van der Waals surface area contributed by atoms with Crippen LogP contribution in [-0.2, 0) is 14.6 Å². The number of amides is 2. The average molecular weight is 308 g/mol. The number of urea groups is 1. The molecule has 2 saturated heterocycles. The Morgan fingerprint density at radius 2 is 2.11 bits per heavy atom. The molecule has 1 N–H and O–H groups in total. The minimum Gasteiger partial charge on any atom is -0.480 e. The molecule has 2 heterocycles. The summed E-state index contributed by atoms with van der Waals surface area (Å²) in [5, 5.41) is 9.04. The Morgan fingerprint density at radius 3 is 2.63 bits per heavy atom. The first-order valence-electron chi connectivity index (χ1n) is 5.86. The zero-order valence-electron chi connectivity index (χ0n) is 10.5. The Bertz CT molecular complexity index is 492. The van der Waals surface area contributed by atoms with E-state index in [4.69, 9.17) is 5.11 Å². The second-order valence-electron chi connectivity index (χ2n) is 4.77. The monoisotopic (exact) mass is 308 g/mol. The first-order chi connectivity index (χ1) is 8.82. The Morgan fingerprint density at radius 1 is 1.42 bits per heavy atom. The van der Waals surface area contributed by atoms with E-state index in [1.54, 1.807) is 0 Å². The molecular weight excluding hydrogens is 292 g/mol. The standard InChI is InChI=1S/C10H16N2O5S2/c1-11(7-2-3-19(16,17)5-7)10(15)12-6-18-4-8(12)9(13)14/h7-8H,2-6H2,1H3,(H,13,14)/t7?,8-/m0/s1. The van der Waals surface area contributed by atoms with E-state index in [1.807, 2.05) is 0 Å². The molecule has 108 valence electrons. The largest absolute Gasteiger partial charge is 0.480 e. The van der Waals surface area contributed by atoms with E-state index in [2.05, 4.69) is 0 Å². The van der Waals surface area contributed by atoms with Crippen LogP contribution in [0.2, 0.25) is 0 Å². The van der Waals surface area contributed by atoms with Crippen LogP contribution in [0, 0.1) is 0 Å². The number of carboxylic acids is 1. The van der Waals surface area contributed by atoms with Gasteiger partial charge >= 0.3 is 12.0 Å². The number of thioether (sulfide) groups is 1. The van der Waals surface area contributed by atoms with Crippen molar-refractivity contribution < 1.29 is 23.1 Å². The van der Waals surface area contributed by atoms with E-state index in [9.17, 15) is 18.0 Å². The van der Waals surface area contributed by atoms with Gasteiger partial charge in [-0.25, -0.2) is 18.0 Å². The molecule has 0 saturated carbocycles. The lowest BCUT2D eigenvalue weighted by Crippen LogP contribution is -2.50.